The predicted molar refractivity (Wildman–Crippen MR) is 128 cm³/mol. The maximum absolute atomic E-state index is 14.4. The fourth-order valence-electron chi connectivity index (χ4n) is 4.46. The van der Waals surface area contributed by atoms with Crippen LogP contribution in [-0.4, -0.2) is 29.7 Å². The predicted octanol–water partition coefficient (Wildman–Crippen LogP) is 5.77. The SMILES string of the molecule is COc1ccc([C@@H]2c3cccn3-c3ccccc3CN2C(=O)Nc2ccccc2F)cc1OC. The smallest absolute Gasteiger partial charge is 0.323 e. The highest BCUT2D eigenvalue weighted by atomic mass is 19.1. The Hall–Kier alpha value is -4.26. The first kappa shape index (κ1) is 21.6. The van der Waals surface area contributed by atoms with Gasteiger partial charge in [-0.15, -0.1) is 0 Å². The monoisotopic (exact) mass is 457 g/mol. The van der Waals surface area contributed by atoms with E-state index in [1.165, 1.54) is 6.07 Å². The van der Waals surface area contributed by atoms with Gasteiger partial charge in [-0.05, 0) is 53.6 Å². The van der Waals surface area contributed by atoms with Crippen molar-refractivity contribution >= 4 is 11.7 Å². The number of nitrogens with zero attached hydrogens (tertiary/aromatic N) is 2. The fraction of sp³-hybridized carbons (Fsp3) is 0.148. The van der Waals surface area contributed by atoms with Crippen LogP contribution in [0.4, 0.5) is 14.9 Å². The Morgan fingerprint density at radius 1 is 0.941 bits per heavy atom. The Labute approximate surface area is 197 Å². The number of nitrogens with one attached hydrogen (secondary N) is 1. The summed E-state index contributed by atoms with van der Waals surface area (Å²) in [6, 6.07) is 22.8. The molecule has 0 radical (unpaired) electrons. The van der Waals surface area contributed by atoms with E-state index in [-0.39, 0.29) is 5.69 Å². The van der Waals surface area contributed by atoms with E-state index in [2.05, 4.69) is 9.88 Å². The number of ether oxygens (including phenoxy) is 2. The lowest BCUT2D eigenvalue weighted by Crippen LogP contribution is -2.38. The molecule has 4 aromatic rings. The number of para-hydroxylation sites is 2. The van der Waals surface area contributed by atoms with Crippen molar-refractivity contribution in [1.29, 1.82) is 0 Å². The summed E-state index contributed by atoms with van der Waals surface area (Å²) in [5.74, 6) is 0.673. The second-order valence-electron chi connectivity index (χ2n) is 7.99. The van der Waals surface area contributed by atoms with Gasteiger partial charge in [0.2, 0.25) is 0 Å². The summed E-state index contributed by atoms with van der Waals surface area (Å²) in [5.41, 5.74) is 3.85. The zero-order valence-electron chi connectivity index (χ0n) is 18.9. The van der Waals surface area contributed by atoms with E-state index in [4.69, 9.17) is 9.47 Å². The van der Waals surface area contributed by atoms with Gasteiger partial charge in [0.05, 0.1) is 38.2 Å². The number of amides is 2. The number of aromatic nitrogens is 1. The molecule has 0 spiro atoms. The molecule has 0 saturated heterocycles. The molecule has 5 rings (SSSR count). The Bertz CT molecular complexity index is 1350. The third-order valence-corrected chi connectivity index (χ3v) is 6.06. The number of hydrogen-bond donors (Lipinski definition) is 1. The topological polar surface area (TPSA) is 55.7 Å². The van der Waals surface area contributed by atoms with Gasteiger partial charge in [0.1, 0.15) is 5.82 Å². The number of rotatable bonds is 4. The highest BCUT2D eigenvalue weighted by molar-refractivity contribution is 5.90. The number of benzene rings is 3. The molecular weight excluding hydrogens is 433 g/mol. The summed E-state index contributed by atoms with van der Waals surface area (Å²) >= 11 is 0. The molecule has 0 aliphatic carbocycles. The first-order chi connectivity index (χ1) is 16.6. The standard InChI is InChI=1S/C27H24FN3O3/c1-33-24-14-13-18(16-25(24)34-2)26-23-12-7-15-30(23)22-11-6-3-8-19(22)17-31(26)27(32)29-21-10-5-4-9-20(21)28/h3-16,26H,17H2,1-2H3,(H,29,32)/t26-/m1/s1. The zero-order chi connectivity index (χ0) is 23.7. The van der Waals surface area contributed by atoms with Crippen LogP contribution in [0.1, 0.15) is 22.9 Å². The summed E-state index contributed by atoms with van der Waals surface area (Å²) in [7, 11) is 3.16. The van der Waals surface area contributed by atoms with E-state index < -0.39 is 17.9 Å². The van der Waals surface area contributed by atoms with E-state index in [1.54, 1.807) is 37.3 Å². The second kappa shape index (κ2) is 8.94. The molecule has 1 atom stereocenters. The van der Waals surface area contributed by atoms with Crippen LogP contribution in [0.2, 0.25) is 0 Å². The number of fused-ring (bicyclic) bond motifs is 3. The first-order valence-corrected chi connectivity index (χ1v) is 10.9. The average Bonchev–Trinajstić information content (AvgIpc) is 3.29. The molecule has 7 heteroatoms. The molecule has 1 aliphatic heterocycles. The van der Waals surface area contributed by atoms with Gasteiger partial charge in [-0.1, -0.05) is 36.4 Å². The van der Waals surface area contributed by atoms with Gasteiger partial charge in [0, 0.05) is 11.9 Å². The zero-order valence-corrected chi connectivity index (χ0v) is 18.9. The number of anilines is 1. The quantitative estimate of drug-likeness (QED) is 0.423. The summed E-state index contributed by atoms with van der Waals surface area (Å²) in [5, 5.41) is 2.76. The molecule has 1 aromatic heterocycles. The van der Waals surface area contributed by atoms with Crippen LogP contribution in [0.3, 0.4) is 0 Å². The molecule has 0 unspecified atom stereocenters. The Kier molecular flexibility index (Phi) is 5.67. The van der Waals surface area contributed by atoms with Crippen molar-refractivity contribution in [3.05, 3.63) is 108 Å². The highest BCUT2D eigenvalue weighted by Crippen LogP contribution is 2.39. The molecule has 1 aliphatic rings. The van der Waals surface area contributed by atoms with E-state index >= 15 is 0 Å². The highest BCUT2D eigenvalue weighted by Gasteiger charge is 2.33. The third kappa shape index (κ3) is 3.75. The number of urea groups is 1. The van der Waals surface area contributed by atoms with Crippen molar-refractivity contribution in [1.82, 2.24) is 9.47 Å². The normalized spacial score (nSPS) is 14.6. The van der Waals surface area contributed by atoms with E-state index in [9.17, 15) is 9.18 Å². The van der Waals surface area contributed by atoms with Gasteiger partial charge < -0.3 is 24.3 Å². The molecule has 34 heavy (non-hydrogen) atoms. The van der Waals surface area contributed by atoms with Crippen LogP contribution in [0.5, 0.6) is 11.5 Å². The van der Waals surface area contributed by atoms with E-state index in [1.807, 2.05) is 60.8 Å². The van der Waals surface area contributed by atoms with Crippen molar-refractivity contribution in [3.63, 3.8) is 0 Å². The number of carbonyl (C=O) groups excluding carboxylic acids is 1. The van der Waals surface area contributed by atoms with Crippen LogP contribution in [0.15, 0.2) is 85.1 Å². The van der Waals surface area contributed by atoms with Gasteiger partial charge in [-0.25, -0.2) is 9.18 Å². The van der Waals surface area contributed by atoms with E-state index in [0.717, 1.165) is 22.5 Å². The third-order valence-electron chi connectivity index (χ3n) is 6.06. The molecule has 3 aromatic carbocycles. The lowest BCUT2D eigenvalue weighted by atomic mass is 10.0. The number of hydrogen-bond acceptors (Lipinski definition) is 3. The molecule has 0 saturated carbocycles. The van der Waals surface area contributed by atoms with Gasteiger partial charge in [0.25, 0.3) is 0 Å². The van der Waals surface area contributed by atoms with Crippen LogP contribution >= 0.6 is 0 Å². The molecule has 6 nitrogen and oxygen atoms in total. The second-order valence-corrected chi connectivity index (χ2v) is 7.99. The molecule has 2 heterocycles. The van der Waals surface area contributed by atoms with Crippen molar-refractivity contribution in [2.75, 3.05) is 19.5 Å². The minimum absolute atomic E-state index is 0.131. The first-order valence-electron chi connectivity index (χ1n) is 10.9. The molecular formula is C27H24FN3O3. The van der Waals surface area contributed by atoms with Gasteiger partial charge >= 0.3 is 6.03 Å². The molecule has 0 fully saturated rings. The molecule has 0 bridgehead atoms. The molecule has 172 valence electrons. The summed E-state index contributed by atoms with van der Waals surface area (Å²) in [6.45, 7) is 0.331. The Morgan fingerprint density at radius 2 is 1.71 bits per heavy atom. The van der Waals surface area contributed by atoms with Crippen LogP contribution < -0.4 is 14.8 Å². The molecule has 1 N–H and O–H groups in total. The number of carbonyl (C=O) groups is 1. The summed E-state index contributed by atoms with van der Waals surface area (Å²) < 4.78 is 27.4. The minimum atomic E-state index is -0.489. The maximum Gasteiger partial charge on any atom is 0.323 e. The minimum Gasteiger partial charge on any atom is -0.493 e. The number of halogens is 1. The Balaban J connectivity index is 1.66. The van der Waals surface area contributed by atoms with Crippen LogP contribution in [-0.2, 0) is 6.54 Å². The van der Waals surface area contributed by atoms with Gasteiger partial charge in [-0.3, -0.25) is 0 Å². The summed E-state index contributed by atoms with van der Waals surface area (Å²) in [6.07, 6.45) is 1.99. The van der Waals surface area contributed by atoms with Gasteiger partial charge in [-0.2, -0.15) is 0 Å². The average molecular weight is 458 g/mol. The van der Waals surface area contributed by atoms with Crippen molar-refractivity contribution in [2.24, 2.45) is 0 Å². The van der Waals surface area contributed by atoms with Crippen molar-refractivity contribution in [2.45, 2.75) is 12.6 Å². The largest absolute Gasteiger partial charge is 0.493 e. The van der Waals surface area contributed by atoms with Gasteiger partial charge in [0.15, 0.2) is 11.5 Å². The van der Waals surface area contributed by atoms with Crippen LogP contribution in [0.25, 0.3) is 5.69 Å². The molecule has 2 amide bonds. The van der Waals surface area contributed by atoms with Crippen molar-refractivity contribution < 1.29 is 18.7 Å². The lowest BCUT2D eigenvalue weighted by molar-refractivity contribution is 0.194. The summed E-state index contributed by atoms with van der Waals surface area (Å²) in [4.78, 5) is 15.4. The van der Waals surface area contributed by atoms with Crippen molar-refractivity contribution in [3.8, 4) is 17.2 Å². The number of methoxy groups -OCH3 is 2. The van der Waals surface area contributed by atoms with E-state index in [0.29, 0.717) is 18.0 Å². The fourth-order valence-corrected chi connectivity index (χ4v) is 4.46. The maximum atomic E-state index is 14.4. The Morgan fingerprint density at radius 3 is 2.50 bits per heavy atom. The van der Waals surface area contributed by atoms with Crippen LogP contribution in [0, 0.1) is 5.82 Å². The lowest BCUT2D eigenvalue weighted by Gasteiger charge is -2.31.